The lowest BCUT2D eigenvalue weighted by Gasteiger charge is -2.19. The number of carbonyl (C=O) groups is 1. The summed E-state index contributed by atoms with van der Waals surface area (Å²) in [6.45, 7) is 3.80. The number of amides is 1. The highest BCUT2D eigenvalue weighted by Crippen LogP contribution is 2.18. The van der Waals surface area contributed by atoms with Crippen molar-refractivity contribution in [2.24, 2.45) is 0 Å². The minimum atomic E-state index is -4.62. The maximum Gasteiger partial charge on any atom is 0.405 e. The molecule has 37 heavy (non-hydrogen) atoms. The third kappa shape index (κ3) is 8.36. The minimum Gasteiger partial charge on any atom is -0.492 e. The van der Waals surface area contributed by atoms with E-state index in [0.29, 0.717) is 18.0 Å². The summed E-state index contributed by atoms with van der Waals surface area (Å²) in [5, 5.41) is 14.1. The lowest BCUT2D eigenvalue weighted by Crippen LogP contribution is -2.37. The van der Waals surface area contributed by atoms with Crippen molar-refractivity contribution in [1.29, 1.82) is 5.26 Å². The fourth-order valence-electron chi connectivity index (χ4n) is 3.93. The summed E-state index contributed by atoms with van der Waals surface area (Å²) in [5.74, 6) is -0.514. The van der Waals surface area contributed by atoms with Gasteiger partial charge in [-0.15, -0.1) is 11.3 Å². The van der Waals surface area contributed by atoms with Crippen molar-refractivity contribution in [2.75, 3.05) is 38.1 Å². The summed E-state index contributed by atoms with van der Waals surface area (Å²) in [6, 6.07) is 8.88. The Bertz CT molecular complexity index is 1290. The number of rotatable bonds is 9. The zero-order valence-corrected chi connectivity index (χ0v) is 21.4. The molecule has 2 heterocycles. The van der Waals surface area contributed by atoms with Crippen molar-refractivity contribution >= 4 is 34.7 Å². The van der Waals surface area contributed by atoms with Gasteiger partial charge >= 0.3 is 6.18 Å². The molecule has 1 aliphatic rings. The number of nitrogens with one attached hydrogen (secondary N) is 2. The van der Waals surface area contributed by atoms with E-state index in [-0.39, 0.29) is 15.7 Å². The fraction of sp³-hybridized carbons (Fsp3) is 0.480. The average Bonchev–Trinajstić information content (AvgIpc) is 3.01. The van der Waals surface area contributed by atoms with E-state index in [1.165, 1.54) is 36.5 Å². The largest absolute Gasteiger partial charge is 0.492 e. The zero-order valence-electron chi connectivity index (χ0n) is 20.6. The van der Waals surface area contributed by atoms with E-state index >= 15 is 0 Å². The topological polar surface area (TPSA) is 99.4 Å². The molecule has 1 saturated heterocycles. The van der Waals surface area contributed by atoms with E-state index in [0.717, 1.165) is 31.0 Å². The monoisotopic (exact) mass is 537 g/mol. The Morgan fingerprint density at radius 2 is 1.97 bits per heavy atom. The number of likely N-dealkylation sites (tertiary alicyclic amines) is 1. The minimum absolute atomic E-state index is 0.00618. The molecular formula is C25H30F3N5O3S. The molecule has 0 unspecified atom stereocenters. The summed E-state index contributed by atoms with van der Waals surface area (Å²) >= 11 is 0.854. The van der Waals surface area contributed by atoms with Crippen molar-refractivity contribution in [2.45, 2.75) is 45.3 Å². The van der Waals surface area contributed by atoms with Gasteiger partial charge in [-0.25, -0.2) is 0 Å². The van der Waals surface area contributed by atoms with Crippen molar-refractivity contribution in [3.63, 3.8) is 0 Å². The number of halogens is 3. The third-order valence-corrected chi connectivity index (χ3v) is 6.94. The Balaban J connectivity index is 1.75. The van der Waals surface area contributed by atoms with E-state index in [1.54, 1.807) is 30.4 Å². The molecule has 1 amide bonds. The number of hydrogen-bond acceptors (Lipinski definition) is 7. The van der Waals surface area contributed by atoms with Crippen LogP contribution < -0.4 is 30.1 Å². The molecular weight excluding hydrogens is 507 g/mol. The molecule has 0 saturated carbocycles. The Morgan fingerprint density at radius 3 is 2.62 bits per heavy atom. The molecule has 0 atom stereocenters. The summed E-state index contributed by atoms with van der Waals surface area (Å²) < 4.78 is 44.7. The molecule has 0 aliphatic carbocycles. The number of ether oxygens (including phenoxy) is 1. The van der Waals surface area contributed by atoms with Gasteiger partial charge in [0.1, 0.15) is 34.2 Å². The van der Waals surface area contributed by atoms with Gasteiger partial charge in [-0.05, 0) is 45.0 Å². The van der Waals surface area contributed by atoms with Crippen LogP contribution in [0.2, 0.25) is 0 Å². The lowest BCUT2D eigenvalue weighted by molar-refractivity contribution is -0.135. The zero-order chi connectivity index (χ0) is 26.8. The van der Waals surface area contributed by atoms with E-state index in [4.69, 9.17) is 4.74 Å². The van der Waals surface area contributed by atoms with Gasteiger partial charge in [0.15, 0.2) is 5.57 Å². The number of alkyl halides is 3. The van der Waals surface area contributed by atoms with E-state index in [2.05, 4.69) is 10.2 Å². The van der Waals surface area contributed by atoms with Crippen LogP contribution in [-0.2, 0) is 11.3 Å². The van der Waals surface area contributed by atoms with E-state index in [9.17, 15) is 28.0 Å². The molecule has 0 bridgehead atoms. The molecule has 2 N–H and O–H groups in total. The predicted molar refractivity (Wildman–Crippen MR) is 137 cm³/mol. The van der Waals surface area contributed by atoms with E-state index in [1.807, 2.05) is 12.1 Å². The van der Waals surface area contributed by atoms with Crippen LogP contribution in [0.25, 0.3) is 11.8 Å². The van der Waals surface area contributed by atoms with Crippen LogP contribution in [0, 0.1) is 11.3 Å². The first-order valence-corrected chi connectivity index (χ1v) is 12.9. The second kappa shape index (κ2) is 13.3. The summed E-state index contributed by atoms with van der Waals surface area (Å²) in [6.07, 6.45) is 1.80. The second-order valence-electron chi connectivity index (χ2n) is 8.53. The Kier molecular flexibility index (Phi) is 10.2. The van der Waals surface area contributed by atoms with Crippen molar-refractivity contribution in [1.82, 2.24) is 14.8 Å². The Labute approximate surface area is 216 Å². The standard InChI is InChI=1S/C25H30F3N5O3S/c1-2-33-23(35)21(37-24(33)20(15-29)22(34)31-17-25(26,27)28)16-30-18-8-7-9-19(14-18)36-13-12-32-10-5-3-4-6-11-32/h7-9,14,16,30H,2-6,10-13,17H2,1H3,(H,31,34). The number of nitrogens with zero attached hydrogens (tertiary/aromatic N) is 3. The number of hydrogen-bond donors (Lipinski definition) is 2. The molecule has 2 aromatic rings. The van der Waals surface area contributed by atoms with Gasteiger partial charge in [-0.2, -0.15) is 18.4 Å². The first-order chi connectivity index (χ1) is 17.7. The van der Waals surface area contributed by atoms with Crippen LogP contribution >= 0.6 is 11.3 Å². The molecule has 1 aromatic heterocycles. The number of anilines is 1. The van der Waals surface area contributed by atoms with Crippen LogP contribution in [0.3, 0.4) is 0 Å². The highest BCUT2D eigenvalue weighted by Gasteiger charge is 2.28. The van der Waals surface area contributed by atoms with Crippen LogP contribution in [0.4, 0.5) is 18.9 Å². The van der Waals surface area contributed by atoms with Crippen molar-refractivity contribution in [3.05, 3.63) is 43.8 Å². The average molecular weight is 538 g/mol. The van der Waals surface area contributed by atoms with Gasteiger partial charge in [0.2, 0.25) is 0 Å². The van der Waals surface area contributed by atoms with Gasteiger partial charge in [-0.1, -0.05) is 18.9 Å². The van der Waals surface area contributed by atoms with Crippen LogP contribution in [0.15, 0.2) is 29.1 Å². The SMILES string of the molecule is CCn1c(=C(C#N)C(=O)NCC(F)(F)F)sc(=CNc2cccc(OCCN3CCCCCC3)c2)c1=O. The van der Waals surface area contributed by atoms with E-state index < -0.39 is 29.8 Å². The predicted octanol–water partition coefficient (Wildman–Crippen LogP) is 2.39. The molecule has 0 radical (unpaired) electrons. The summed E-state index contributed by atoms with van der Waals surface area (Å²) in [5.41, 5.74) is -0.346. The van der Waals surface area contributed by atoms with Crippen LogP contribution in [-0.4, -0.2) is 54.3 Å². The molecule has 1 fully saturated rings. The maximum absolute atomic E-state index is 12.8. The summed E-state index contributed by atoms with van der Waals surface area (Å²) in [7, 11) is 0. The smallest absolute Gasteiger partial charge is 0.405 e. The van der Waals surface area contributed by atoms with Gasteiger partial charge in [0.25, 0.3) is 11.5 Å². The molecule has 8 nitrogen and oxygen atoms in total. The third-order valence-electron chi connectivity index (χ3n) is 5.80. The first-order valence-electron chi connectivity index (χ1n) is 12.1. The van der Waals surface area contributed by atoms with Gasteiger partial charge < -0.3 is 15.4 Å². The quantitative estimate of drug-likeness (QED) is 0.510. The Hall–Kier alpha value is -3.30. The van der Waals surface area contributed by atoms with Gasteiger partial charge in [0, 0.05) is 31.0 Å². The molecule has 1 aliphatic heterocycles. The lowest BCUT2D eigenvalue weighted by atomic mass is 10.2. The molecule has 0 spiro atoms. The van der Waals surface area contributed by atoms with Gasteiger partial charge in [-0.3, -0.25) is 19.1 Å². The highest BCUT2D eigenvalue weighted by atomic mass is 32.1. The number of nitriles is 1. The highest BCUT2D eigenvalue weighted by molar-refractivity contribution is 7.07. The molecule has 1 aromatic carbocycles. The molecule has 200 valence electrons. The summed E-state index contributed by atoms with van der Waals surface area (Å²) in [4.78, 5) is 27.4. The number of benzene rings is 1. The van der Waals surface area contributed by atoms with Crippen molar-refractivity contribution in [3.8, 4) is 11.8 Å². The van der Waals surface area contributed by atoms with Crippen LogP contribution in [0.1, 0.15) is 32.6 Å². The number of carbonyl (C=O) groups excluding carboxylic acids is 1. The number of aromatic nitrogens is 1. The maximum atomic E-state index is 12.8. The fourth-order valence-corrected chi connectivity index (χ4v) is 5.02. The molecule has 3 rings (SSSR count). The second-order valence-corrected chi connectivity index (χ2v) is 9.56. The number of thiazole rings is 1. The Morgan fingerprint density at radius 1 is 1.24 bits per heavy atom. The van der Waals surface area contributed by atoms with Gasteiger partial charge in [0.05, 0.1) is 0 Å². The molecule has 12 heteroatoms. The van der Waals surface area contributed by atoms with Crippen molar-refractivity contribution < 1.29 is 22.7 Å². The first kappa shape index (κ1) is 28.3. The normalized spacial score (nSPS) is 16.0. The van der Waals surface area contributed by atoms with Crippen LogP contribution in [0.5, 0.6) is 5.75 Å².